The summed E-state index contributed by atoms with van der Waals surface area (Å²) in [7, 11) is 3.22. The van der Waals surface area contributed by atoms with Crippen LogP contribution in [-0.2, 0) is 42.8 Å². The van der Waals surface area contributed by atoms with Crippen molar-refractivity contribution in [2.24, 2.45) is 0 Å². The summed E-state index contributed by atoms with van der Waals surface area (Å²) in [5, 5.41) is 9.21. The molecule has 0 heterocycles. The van der Waals surface area contributed by atoms with Crippen LogP contribution in [0.1, 0.15) is 42.3 Å². The zero-order chi connectivity index (χ0) is 48.7. The molecule has 0 saturated carbocycles. The topological polar surface area (TPSA) is 194 Å². The maximum atomic E-state index is 14.3. The van der Waals surface area contributed by atoms with Gasteiger partial charge in [0.2, 0.25) is 5.75 Å². The Balaban J connectivity index is 1.37. The van der Waals surface area contributed by atoms with Gasteiger partial charge in [0.15, 0.2) is 17.3 Å². The van der Waals surface area contributed by atoms with Crippen molar-refractivity contribution < 1.29 is 71.3 Å². The monoisotopic (exact) mass is 933 g/mol. The van der Waals surface area contributed by atoms with E-state index in [0.717, 1.165) is 33.4 Å². The van der Waals surface area contributed by atoms with E-state index in [1.54, 1.807) is 50.6 Å². The molecule has 5 aromatic carbocycles. The van der Waals surface area contributed by atoms with E-state index in [-0.39, 0.29) is 108 Å². The van der Waals surface area contributed by atoms with Gasteiger partial charge in [0.25, 0.3) is 0 Å². The predicted molar refractivity (Wildman–Crippen MR) is 249 cm³/mol. The van der Waals surface area contributed by atoms with Crippen LogP contribution in [0.15, 0.2) is 97.1 Å². The van der Waals surface area contributed by atoms with Crippen molar-refractivity contribution >= 4 is 23.7 Å². The SMILES string of the molecule is COc1cc(-c2ccc(-c3ccc(C(=O)c4cc(OCCOCCOC(C)=O)c(OCCOCCOC(C)=O)c(OCCOCCOC(C)=O)c4)cc3)c(OC)c2)ccc1-c1ccc(C#N)cc1. The van der Waals surface area contributed by atoms with E-state index in [2.05, 4.69) is 6.07 Å². The smallest absolute Gasteiger partial charge is 0.302 e. The van der Waals surface area contributed by atoms with Crippen LogP contribution in [0, 0.1) is 11.3 Å². The van der Waals surface area contributed by atoms with Crippen LogP contribution in [0.2, 0.25) is 0 Å². The normalized spacial score (nSPS) is 10.6. The lowest BCUT2D eigenvalue weighted by Gasteiger charge is -2.19. The first-order valence-corrected chi connectivity index (χ1v) is 21.7. The van der Waals surface area contributed by atoms with Crippen molar-refractivity contribution in [3.63, 3.8) is 0 Å². The highest BCUT2D eigenvalue weighted by atomic mass is 16.6. The second-order valence-electron chi connectivity index (χ2n) is 14.6. The Morgan fingerprint density at radius 2 is 0.809 bits per heavy atom. The second-order valence-corrected chi connectivity index (χ2v) is 14.6. The molecule has 0 bridgehead atoms. The highest BCUT2D eigenvalue weighted by molar-refractivity contribution is 6.10. The third-order valence-electron chi connectivity index (χ3n) is 9.85. The average Bonchev–Trinajstić information content (AvgIpc) is 3.35. The number of benzene rings is 5. The molecule has 0 unspecified atom stereocenters. The number of nitrogens with zero attached hydrogens (tertiary/aromatic N) is 1. The molecule has 0 saturated heterocycles. The predicted octanol–water partition coefficient (Wildman–Crippen LogP) is 7.68. The number of carbonyl (C=O) groups is 4. The summed E-state index contributed by atoms with van der Waals surface area (Å²) in [6, 6.07) is 31.6. The van der Waals surface area contributed by atoms with Crippen LogP contribution < -0.4 is 23.7 Å². The number of nitriles is 1. The zero-order valence-electron chi connectivity index (χ0n) is 38.8. The van der Waals surface area contributed by atoms with Crippen LogP contribution in [0.4, 0.5) is 0 Å². The molecule has 0 amide bonds. The summed E-state index contributed by atoms with van der Waals surface area (Å²) < 4.78 is 61.5. The average molecular weight is 934 g/mol. The van der Waals surface area contributed by atoms with E-state index < -0.39 is 17.9 Å². The molecule has 5 aromatic rings. The van der Waals surface area contributed by atoms with Crippen LogP contribution in [0.3, 0.4) is 0 Å². The summed E-state index contributed by atoms with van der Waals surface area (Å²) in [4.78, 5) is 47.7. The molecule has 16 nitrogen and oxygen atoms in total. The summed E-state index contributed by atoms with van der Waals surface area (Å²) in [6.45, 7) is 5.12. The molecule has 0 aromatic heterocycles. The Labute approximate surface area is 395 Å². The number of hydrogen-bond acceptors (Lipinski definition) is 16. The molecule has 0 fully saturated rings. The molecule has 5 rings (SSSR count). The first-order valence-electron chi connectivity index (χ1n) is 21.7. The number of rotatable bonds is 28. The first-order chi connectivity index (χ1) is 33.0. The van der Waals surface area contributed by atoms with Crippen molar-refractivity contribution in [1.82, 2.24) is 0 Å². The maximum absolute atomic E-state index is 14.3. The number of methoxy groups -OCH3 is 2. The number of esters is 3. The molecule has 0 atom stereocenters. The van der Waals surface area contributed by atoms with Gasteiger partial charge in [0.05, 0.1) is 65.5 Å². The second kappa shape index (κ2) is 27.3. The van der Waals surface area contributed by atoms with Gasteiger partial charge >= 0.3 is 17.9 Å². The molecule has 358 valence electrons. The van der Waals surface area contributed by atoms with Gasteiger partial charge in [0, 0.05) is 43.0 Å². The van der Waals surface area contributed by atoms with Gasteiger partial charge in [-0.25, -0.2) is 0 Å². The lowest BCUT2D eigenvalue weighted by Crippen LogP contribution is -2.16. The fourth-order valence-electron chi connectivity index (χ4n) is 6.64. The zero-order valence-corrected chi connectivity index (χ0v) is 38.8. The quantitative estimate of drug-likeness (QED) is 0.0205. The third-order valence-corrected chi connectivity index (χ3v) is 9.85. The summed E-state index contributed by atoms with van der Waals surface area (Å²) in [5.41, 5.74) is 6.46. The molecular formula is C52H55NO15. The van der Waals surface area contributed by atoms with E-state index >= 15 is 0 Å². The Hall–Kier alpha value is -7.45. The number of hydrogen-bond donors (Lipinski definition) is 0. The van der Waals surface area contributed by atoms with Gasteiger partial charge in [-0.15, -0.1) is 0 Å². The molecule has 0 N–H and O–H groups in total. The summed E-state index contributed by atoms with van der Waals surface area (Å²) in [5.74, 6) is 0.279. The number of ether oxygens (including phenoxy) is 11. The van der Waals surface area contributed by atoms with Crippen LogP contribution >= 0.6 is 0 Å². The fraction of sp³-hybridized carbons (Fsp3) is 0.327. The molecule has 0 aliphatic carbocycles. The highest BCUT2D eigenvalue weighted by Crippen LogP contribution is 2.41. The summed E-state index contributed by atoms with van der Waals surface area (Å²) in [6.07, 6.45) is 0. The number of carbonyl (C=O) groups excluding carboxylic acids is 4. The molecule has 0 aliphatic rings. The van der Waals surface area contributed by atoms with Crippen molar-refractivity contribution in [2.45, 2.75) is 20.8 Å². The lowest BCUT2D eigenvalue weighted by molar-refractivity contribution is -0.143. The van der Waals surface area contributed by atoms with Gasteiger partial charge in [-0.1, -0.05) is 60.7 Å². The van der Waals surface area contributed by atoms with Crippen LogP contribution in [-0.4, -0.2) is 117 Å². The van der Waals surface area contributed by atoms with E-state index in [1.807, 2.05) is 60.7 Å². The maximum Gasteiger partial charge on any atom is 0.302 e. The third kappa shape index (κ3) is 15.9. The van der Waals surface area contributed by atoms with E-state index in [1.165, 1.54) is 20.8 Å². The highest BCUT2D eigenvalue weighted by Gasteiger charge is 2.21. The standard InChI is InChI=1S/C52H55NO15/c1-35(54)63-24-18-60-21-27-66-49-32-44(33-50(67-28-22-61-19-25-64-36(2)55)52(49)68-29-23-62-20-26-65-37(3)56)51(57)41-12-10-40(11-13-41)46-17-15-43(31-48(46)59-5)42-14-16-45(47(30-42)58-4)39-8-6-38(34-53)7-9-39/h6-17,30-33H,18-29H2,1-5H3. The molecule has 16 heteroatoms. The van der Waals surface area contributed by atoms with E-state index in [0.29, 0.717) is 22.6 Å². The van der Waals surface area contributed by atoms with Gasteiger partial charge in [0.1, 0.15) is 51.1 Å². The molecule has 0 radical (unpaired) electrons. The van der Waals surface area contributed by atoms with E-state index in [4.69, 9.17) is 52.1 Å². The molecule has 0 aliphatic heterocycles. The first kappa shape index (κ1) is 51.5. The van der Waals surface area contributed by atoms with Gasteiger partial charge < -0.3 is 52.1 Å². The largest absolute Gasteiger partial charge is 0.496 e. The van der Waals surface area contributed by atoms with Crippen molar-refractivity contribution in [3.05, 3.63) is 114 Å². The lowest BCUT2D eigenvalue weighted by atomic mass is 9.95. The number of ketones is 1. The van der Waals surface area contributed by atoms with Crippen LogP contribution in [0.25, 0.3) is 33.4 Å². The Kier molecular flexibility index (Phi) is 20.7. The minimum Gasteiger partial charge on any atom is -0.496 e. The minimum atomic E-state index is -0.420. The molecule has 0 spiro atoms. The minimum absolute atomic E-state index is 0.0401. The molecular weight excluding hydrogens is 879 g/mol. The Morgan fingerprint density at radius 1 is 0.426 bits per heavy atom. The summed E-state index contributed by atoms with van der Waals surface area (Å²) >= 11 is 0. The van der Waals surface area contributed by atoms with Crippen molar-refractivity contribution in [2.75, 3.05) is 93.5 Å². The van der Waals surface area contributed by atoms with Gasteiger partial charge in [-0.3, -0.25) is 19.2 Å². The molecule has 68 heavy (non-hydrogen) atoms. The Morgan fingerprint density at radius 3 is 1.21 bits per heavy atom. The van der Waals surface area contributed by atoms with Crippen LogP contribution in [0.5, 0.6) is 28.7 Å². The van der Waals surface area contributed by atoms with Gasteiger partial charge in [-0.05, 0) is 58.7 Å². The van der Waals surface area contributed by atoms with Crippen molar-refractivity contribution in [3.8, 4) is 68.2 Å². The Bertz CT molecular complexity index is 2450. The van der Waals surface area contributed by atoms with Crippen molar-refractivity contribution in [1.29, 1.82) is 5.26 Å². The van der Waals surface area contributed by atoms with Gasteiger partial charge in [-0.2, -0.15) is 5.26 Å². The van der Waals surface area contributed by atoms with E-state index in [9.17, 15) is 24.4 Å². The fourth-order valence-corrected chi connectivity index (χ4v) is 6.64.